The molecule has 0 bridgehead atoms. The predicted octanol–water partition coefficient (Wildman–Crippen LogP) is 3.68. The highest BCUT2D eigenvalue weighted by atomic mass is 32.1. The van der Waals surface area contributed by atoms with E-state index in [0.717, 1.165) is 21.2 Å². The number of phenolic OH excluding ortho intramolecular Hbond substituents is 1. The molecule has 0 atom stereocenters. The number of benzene rings is 2. The maximum Gasteiger partial charge on any atom is 0.275 e. The van der Waals surface area contributed by atoms with E-state index in [1.165, 1.54) is 0 Å². The van der Waals surface area contributed by atoms with Gasteiger partial charge in [-0.2, -0.15) is 5.10 Å². The van der Waals surface area contributed by atoms with Gasteiger partial charge in [-0.1, -0.05) is 24.3 Å². The molecular formula is C17H14N2O2S. The number of hydrazone groups is 1. The number of amides is 1. The Morgan fingerprint density at radius 2 is 1.95 bits per heavy atom. The first-order valence-electron chi connectivity index (χ1n) is 6.74. The maximum absolute atomic E-state index is 12.1. The second-order valence-electron chi connectivity index (χ2n) is 4.88. The molecule has 4 nitrogen and oxygen atoms in total. The van der Waals surface area contributed by atoms with Gasteiger partial charge in [-0.05, 0) is 46.8 Å². The molecule has 1 aromatic heterocycles. The first-order chi connectivity index (χ1) is 10.6. The van der Waals surface area contributed by atoms with Crippen molar-refractivity contribution < 1.29 is 9.90 Å². The van der Waals surface area contributed by atoms with Crippen LogP contribution in [-0.4, -0.2) is 17.2 Å². The Morgan fingerprint density at radius 1 is 1.23 bits per heavy atom. The number of thiophene rings is 1. The summed E-state index contributed by atoms with van der Waals surface area (Å²) in [6, 6.07) is 12.8. The van der Waals surface area contributed by atoms with E-state index in [1.54, 1.807) is 29.7 Å². The van der Waals surface area contributed by atoms with Gasteiger partial charge in [0.25, 0.3) is 5.91 Å². The Labute approximate surface area is 131 Å². The zero-order valence-electron chi connectivity index (χ0n) is 11.9. The van der Waals surface area contributed by atoms with E-state index in [2.05, 4.69) is 10.5 Å². The number of aromatic hydroxyl groups is 1. The van der Waals surface area contributed by atoms with Crippen molar-refractivity contribution in [3.63, 3.8) is 0 Å². The molecule has 1 amide bonds. The lowest BCUT2D eigenvalue weighted by Gasteiger charge is -2.05. The van der Waals surface area contributed by atoms with E-state index in [-0.39, 0.29) is 11.3 Å². The van der Waals surface area contributed by atoms with Crippen molar-refractivity contribution in [1.82, 2.24) is 5.43 Å². The second kappa shape index (κ2) is 5.99. The van der Waals surface area contributed by atoms with Crippen LogP contribution in [0.25, 0.3) is 10.8 Å². The minimum Gasteiger partial charge on any atom is -0.507 e. The number of fused-ring (bicyclic) bond motifs is 1. The van der Waals surface area contributed by atoms with Crippen LogP contribution < -0.4 is 5.43 Å². The molecule has 2 N–H and O–H groups in total. The third kappa shape index (κ3) is 2.84. The molecule has 0 radical (unpaired) electrons. The molecule has 0 spiro atoms. The van der Waals surface area contributed by atoms with Gasteiger partial charge in [-0.15, -0.1) is 11.3 Å². The largest absolute Gasteiger partial charge is 0.507 e. The number of carbonyl (C=O) groups excluding carboxylic acids is 1. The summed E-state index contributed by atoms with van der Waals surface area (Å²) in [5.41, 5.74) is 3.76. The molecule has 3 rings (SSSR count). The minimum atomic E-state index is -0.436. The van der Waals surface area contributed by atoms with E-state index in [9.17, 15) is 9.90 Å². The minimum absolute atomic E-state index is 0.0568. The molecule has 0 saturated carbocycles. The van der Waals surface area contributed by atoms with Crippen molar-refractivity contribution in [1.29, 1.82) is 0 Å². The molecule has 0 aliphatic heterocycles. The number of carbonyl (C=O) groups is 1. The second-order valence-corrected chi connectivity index (χ2v) is 5.83. The van der Waals surface area contributed by atoms with E-state index in [1.807, 2.05) is 42.6 Å². The van der Waals surface area contributed by atoms with Crippen LogP contribution in [0.4, 0.5) is 0 Å². The topological polar surface area (TPSA) is 61.7 Å². The van der Waals surface area contributed by atoms with Crippen molar-refractivity contribution in [2.75, 3.05) is 0 Å². The Bertz CT molecular complexity index is 868. The van der Waals surface area contributed by atoms with Crippen LogP contribution in [0.5, 0.6) is 5.75 Å². The highest BCUT2D eigenvalue weighted by Crippen LogP contribution is 2.24. The van der Waals surface area contributed by atoms with Gasteiger partial charge in [0.05, 0.1) is 11.8 Å². The summed E-state index contributed by atoms with van der Waals surface area (Å²) in [5, 5.41) is 17.7. The van der Waals surface area contributed by atoms with Gasteiger partial charge in [0.1, 0.15) is 5.75 Å². The van der Waals surface area contributed by atoms with Gasteiger partial charge < -0.3 is 5.11 Å². The highest BCUT2D eigenvalue weighted by Gasteiger charge is 2.11. The van der Waals surface area contributed by atoms with Gasteiger partial charge in [-0.25, -0.2) is 5.43 Å². The van der Waals surface area contributed by atoms with Crippen LogP contribution >= 0.6 is 11.3 Å². The molecule has 0 unspecified atom stereocenters. The SMILES string of the molecule is Cc1ccsc1/C=N\NC(=O)c1cc2ccccc2cc1O. The fourth-order valence-electron chi connectivity index (χ4n) is 2.14. The van der Waals surface area contributed by atoms with E-state index >= 15 is 0 Å². The first kappa shape index (κ1) is 14.3. The van der Waals surface area contributed by atoms with Gasteiger partial charge in [0.15, 0.2) is 0 Å². The summed E-state index contributed by atoms with van der Waals surface area (Å²) in [4.78, 5) is 13.1. The average molecular weight is 310 g/mol. The van der Waals surface area contributed by atoms with Crippen molar-refractivity contribution in [2.24, 2.45) is 5.10 Å². The summed E-state index contributed by atoms with van der Waals surface area (Å²) < 4.78 is 0. The Morgan fingerprint density at radius 3 is 2.64 bits per heavy atom. The predicted molar refractivity (Wildman–Crippen MR) is 89.7 cm³/mol. The molecule has 5 heteroatoms. The number of nitrogens with zero attached hydrogens (tertiary/aromatic N) is 1. The number of rotatable bonds is 3. The van der Waals surface area contributed by atoms with E-state index < -0.39 is 5.91 Å². The van der Waals surface area contributed by atoms with E-state index in [4.69, 9.17) is 0 Å². The smallest absolute Gasteiger partial charge is 0.275 e. The van der Waals surface area contributed by atoms with Gasteiger partial charge in [0.2, 0.25) is 0 Å². The molecule has 0 saturated heterocycles. The summed E-state index contributed by atoms with van der Waals surface area (Å²) in [7, 11) is 0. The van der Waals surface area contributed by atoms with Crippen LogP contribution in [0.3, 0.4) is 0 Å². The lowest BCUT2D eigenvalue weighted by Crippen LogP contribution is -2.17. The van der Waals surface area contributed by atoms with Gasteiger partial charge in [-0.3, -0.25) is 4.79 Å². The molecule has 22 heavy (non-hydrogen) atoms. The lowest BCUT2D eigenvalue weighted by molar-refractivity contribution is 0.0952. The number of hydrogen-bond acceptors (Lipinski definition) is 4. The fraction of sp³-hybridized carbons (Fsp3) is 0.0588. The number of phenols is 1. The Kier molecular flexibility index (Phi) is 3.89. The van der Waals surface area contributed by atoms with Crippen LogP contribution in [-0.2, 0) is 0 Å². The Hall–Kier alpha value is -2.66. The normalized spacial score (nSPS) is 11.1. The molecule has 2 aromatic carbocycles. The standard InChI is InChI=1S/C17H14N2O2S/c1-11-6-7-22-16(11)10-18-19-17(21)14-8-12-4-2-3-5-13(12)9-15(14)20/h2-10,20H,1H3,(H,19,21)/b18-10-. The molecule has 110 valence electrons. The summed E-state index contributed by atoms with van der Waals surface area (Å²) >= 11 is 1.55. The summed E-state index contributed by atoms with van der Waals surface area (Å²) in [6.45, 7) is 1.98. The average Bonchev–Trinajstić information content (AvgIpc) is 2.92. The quantitative estimate of drug-likeness (QED) is 0.572. The molecular weight excluding hydrogens is 296 g/mol. The molecule has 0 aliphatic rings. The van der Waals surface area contributed by atoms with Crippen molar-refractivity contribution in [3.05, 3.63) is 63.8 Å². The van der Waals surface area contributed by atoms with Crippen LogP contribution in [0.2, 0.25) is 0 Å². The lowest BCUT2D eigenvalue weighted by atomic mass is 10.1. The van der Waals surface area contributed by atoms with Crippen LogP contribution in [0, 0.1) is 6.92 Å². The molecule has 3 aromatic rings. The number of nitrogens with one attached hydrogen (secondary N) is 1. The fourth-order valence-corrected chi connectivity index (χ4v) is 2.92. The van der Waals surface area contributed by atoms with Crippen LogP contribution in [0.15, 0.2) is 52.9 Å². The summed E-state index contributed by atoms with van der Waals surface area (Å²) in [6.07, 6.45) is 1.61. The molecule has 0 fully saturated rings. The third-order valence-corrected chi connectivity index (χ3v) is 4.31. The van der Waals surface area contributed by atoms with Gasteiger partial charge >= 0.3 is 0 Å². The highest BCUT2D eigenvalue weighted by molar-refractivity contribution is 7.11. The van der Waals surface area contributed by atoms with Crippen LogP contribution in [0.1, 0.15) is 20.8 Å². The first-order valence-corrected chi connectivity index (χ1v) is 7.62. The van der Waals surface area contributed by atoms with Crippen molar-refractivity contribution in [3.8, 4) is 5.75 Å². The Balaban J connectivity index is 1.81. The number of hydrogen-bond donors (Lipinski definition) is 2. The van der Waals surface area contributed by atoms with Crippen molar-refractivity contribution in [2.45, 2.75) is 6.92 Å². The van der Waals surface area contributed by atoms with Crippen molar-refractivity contribution >= 4 is 34.2 Å². The molecule has 0 aliphatic carbocycles. The maximum atomic E-state index is 12.1. The van der Waals surface area contributed by atoms with Gasteiger partial charge in [0, 0.05) is 4.88 Å². The van der Waals surface area contributed by atoms with E-state index in [0.29, 0.717) is 0 Å². The zero-order valence-corrected chi connectivity index (χ0v) is 12.7. The monoisotopic (exact) mass is 310 g/mol. The molecule has 1 heterocycles. The zero-order chi connectivity index (χ0) is 15.5. The number of aryl methyl sites for hydroxylation is 1. The third-order valence-electron chi connectivity index (χ3n) is 3.36. The summed E-state index contributed by atoms with van der Waals surface area (Å²) in [5.74, 6) is -0.493.